The van der Waals surface area contributed by atoms with E-state index in [1.54, 1.807) is 18.2 Å². The van der Waals surface area contributed by atoms with Gasteiger partial charge in [-0.05, 0) is 50.6 Å². The molecule has 32 heavy (non-hydrogen) atoms. The van der Waals surface area contributed by atoms with E-state index in [0.717, 1.165) is 32.5 Å². The Labute approximate surface area is 188 Å². The van der Waals surface area contributed by atoms with Gasteiger partial charge in [-0.3, -0.25) is 4.79 Å². The molecule has 9 heteroatoms. The van der Waals surface area contributed by atoms with Gasteiger partial charge >= 0.3 is 0 Å². The summed E-state index contributed by atoms with van der Waals surface area (Å²) in [6.45, 7) is 5.95. The first-order valence-corrected chi connectivity index (χ1v) is 10.9. The Hall–Kier alpha value is -2.78. The molecule has 2 aromatic rings. The van der Waals surface area contributed by atoms with Gasteiger partial charge in [0.1, 0.15) is 11.9 Å². The standard InChI is InChI=1S/C23H31FN4O4/c1-4-32-14-13-28-11-9-17(10-12-28)23(29)27-21(16-5-7-18(24)8-6-16)22-25-19(30-2)15-20(26-22)31-3/h5-8,15,17,21H,4,9-14H2,1-3H3,(H,27,29). The summed E-state index contributed by atoms with van der Waals surface area (Å²) in [5.74, 6) is 0.396. The van der Waals surface area contributed by atoms with Gasteiger partial charge in [0, 0.05) is 19.1 Å². The molecule has 1 fully saturated rings. The fourth-order valence-corrected chi connectivity index (χ4v) is 3.73. The van der Waals surface area contributed by atoms with E-state index < -0.39 is 6.04 Å². The maximum atomic E-state index is 13.5. The molecule has 3 rings (SSSR count). The number of methoxy groups -OCH3 is 2. The number of likely N-dealkylation sites (tertiary alicyclic amines) is 1. The van der Waals surface area contributed by atoms with Gasteiger partial charge in [-0.25, -0.2) is 4.39 Å². The SMILES string of the molecule is CCOCCN1CCC(C(=O)NC(c2ccc(F)cc2)c2nc(OC)cc(OC)n2)CC1. The van der Waals surface area contributed by atoms with Crippen molar-refractivity contribution in [3.8, 4) is 11.8 Å². The molecule has 1 amide bonds. The van der Waals surface area contributed by atoms with Crippen molar-refractivity contribution < 1.29 is 23.4 Å². The highest BCUT2D eigenvalue weighted by Crippen LogP contribution is 2.26. The zero-order valence-electron chi connectivity index (χ0n) is 18.8. The molecule has 1 aromatic heterocycles. The maximum Gasteiger partial charge on any atom is 0.224 e. The molecule has 8 nitrogen and oxygen atoms in total. The van der Waals surface area contributed by atoms with Crippen LogP contribution in [0, 0.1) is 11.7 Å². The van der Waals surface area contributed by atoms with Crippen molar-refractivity contribution in [3.63, 3.8) is 0 Å². The number of piperidine rings is 1. The van der Waals surface area contributed by atoms with Crippen LogP contribution in [0.4, 0.5) is 4.39 Å². The zero-order valence-corrected chi connectivity index (χ0v) is 18.8. The Kier molecular flexibility index (Phi) is 8.75. The smallest absolute Gasteiger partial charge is 0.224 e. The van der Waals surface area contributed by atoms with Crippen LogP contribution in [-0.4, -0.2) is 67.8 Å². The third-order valence-electron chi connectivity index (χ3n) is 5.58. The summed E-state index contributed by atoms with van der Waals surface area (Å²) < 4.78 is 29.5. The van der Waals surface area contributed by atoms with Crippen molar-refractivity contribution in [3.05, 3.63) is 47.5 Å². The average molecular weight is 447 g/mol. The van der Waals surface area contributed by atoms with Crippen LogP contribution in [0.3, 0.4) is 0 Å². The van der Waals surface area contributed by atoms with Crippen molar-refractivity contribution in [2.45, 2.75) is 25.8 Å². The zero-order chi connectivity index (χ0) is 22.9. The minimum atomic E-state index is -0.664. The van der Waals surface area contributed by atoms with Gasteiger partial charge in [0.15, 0.2) is 5.82 Å². The molecule has 1 saturated heterocycles. The molecule has 1 atom stereocenters. The van der Waals surface area contributed by atoms with Crippen molar-refractivity contribution in [2.75, 3.05) is 47.1 Å². The first-order chi connectivity index (χ1) is 15.5. The fraction of sp³-hybridized carbons (Fsp3) is 0.522. The second-order valence-electron chi connectivity index (χ2n) is 7.62. The van der Waals surface area contributed by atoms with Crippen molar-refractivity contribution >= 4 is 5.91 Å². The van der Waals surface area contributed by atoms with Crippen LogP contribution in [0.1, 0.15) is 37.2 Å². The van der Waals surface area contributed by atoms with E-state index in [0.29, 0.717) is 36.4 Å². The maximum absolute atomic E-state index is 13.5. The summed E-state index contributed by atoms with van der Waals surface area (Å²) in [7, 11) is 2.99. The van der Waals surface area contributed by atoms with E-state index in [1.165, 1.54) is 26.4 Å². The quantitative estimate of drug-likeness (QED) is 0.562. The first kappa shape index (κ1) is 23.9. The van der Waals surface area contributed by atoms with Crippen LogP contribution in [-0.2, 0) is 9.53 Å². The summed E-state index contributed by atoms with van der Waals surface area (Å²) in [5, 5.41) is 3.07. The lowest BCUT2D eigenvalue weighted by Gasteiger charge is -2.32. The highest BCUT2D eigenvalue weighted by atomic mass is 19.1. The number of nitrogens with zero attached hydrogens (tertiary/aromatic N) is 3. The Morgan fingerprint density at radius 1 is 1.16 bits per heavy atom. The number of amides is 1. The number of ether oxygens (including phenoxy) is 3. The van der Waals surface area contributed by atoms with Crippen LogP contribution in [0.5, 0.6) is 11.8 Å². The second-order valence-corrected chi connectivity index (χ2v) is 7.62. The molecule has 0 radical (unpaired) electrons. The molecule has 1 aliphatic heterocycles. The van der Waals surface area contributed by atoms with E-state index in [1.807, 2.05) is 6.92 Å². The predicted octanol–water partition coefficient (Wildman–Crippen LogP) is 2.59. The van der Waals surface area contributed by atoms with Gasteiger partial charge in [0.2, 0.25) is 17.7 Å². The van der Waals surface area contributed by atoms with Gasteiger partial charge in [0.25, 0.3) is 0 Å². The van der Waals surface area contributed by atoms with Crippen LogP contribution in [0.25, 0.3) is 0 Å². The summed E-state index contributed by atoms with van der Waals surface area (Å²) in [6, 6.07) is 6.83. The third kappa shape index (κ3) is 6.37. The summed E-state index contributed by atoms with van der Waals surface area (Å²) >= 11 is 0. The summed E-state index contributed by atoms with van der Waals surface area (Å²) in [5.41, 5.74) is 0.671. The molecule has 0 spiro atoms. The third-order valence-corrected chi connectivity index (χ3v) is 5.58. The molecule has 1 aliphatic rings. The largest absolute Gasteiger partial charge is 0.481 e. The topological polar surface area (TPSA) is 85.8 Å². The highest BCUT2D eigenvalue weighted by Gasteiger charge is 2.29. The molecule has 0 bridgehead atoms. The molecule has 174 valence electrons. The number of aromatic nitrogens is 2. The molecule has 1 aromatic carbocycles. The molecule has 2 heterocycles. The molecule has 0 aliphatic carbocycles. The van der Waals surface area contributed by atoms with Gasteiger partial charge in [0.05, 0.1) is 26.9 Å². The van der Waals surface area contributed by atoms with E-state index in [9.17, 15) is 9.18 Å². The van der Waals surface area contributed by atoms with Crippen molar-refractivity contribution in [1.82, 2.24) is 20.2 Å². The van der Waals surface area contributed by atoms with Gasteiger partial charge in [-0.2, -0.15) is 9.97 Å². The van der Waals surface area contributed by atoms with E-state index in [4.69, 9.17) is 14.2 Å². The normalized spacial score (nSPS) is 15.9. The number of carbonyl (C=O) groups is 1. The monoisotopic (exact) mass is 446 g/mol. The van der Waals surface area contributed by atoms with Crippen LogP contribution in [0.15, 0.2) is 30.3 Å². The lowest BCUT2D eigenvalue weighted by atomic mass is 9.95. The fourth-order valence-electron chi connectivity index (χ4n) is 3.73. The van der Waals surface area contributed by atoms with Crippen LogP contribution >= 0.6 is 0 Å². The number of rotatable bonds is 10. The summed E-state index contributed by atoms with van der Waals surface area (Å²) in [4.78, 5) is 24.3. The van der Waals surface area contributed by atoms with E-state index in [-0.39, 0.29) is 17.6 Å². The van der Waals surface area contributed by atoms with E-state index >= 15 is 0 Å². The predicted molar refractivity (Wildman–Crippen MR) is 117 cm³/mol. The molecule has 1 unspecified atom stereocenters. The lowest BCUT2D eigenvalue weighted by molar-refractivity contribution is -0.127. The number of hydrogen-bond acceptors (Lipinski definition) is 7. The molecule has 0 saturated carbocycles. The van der Waals surface area contributed by atoms with Crippen molar-refractivity contribution in [2.24, 2.45) is 5.92 Å². The lowest BCUT2D eigenvalue weighted by Crippen LogP contribution is -2.42. The number of nitrogens with one attached hydrogen (secondary N) is 1. The Balaban J connectivity index is 1.75. The number of carbonyl (C=O) groups excluding carboxylic acids is 1. The summed E-state index contributed by atoms with van der Waals surface area (Å²) in [6.07, 6.45) is 1.52. The first-order valence-electron chi connectivity index (χ1n) is 10.9. The number of halogens is 1. The van der Waals surface area contributed by atoms with E-state index in [2.05, 4.69) is 20.2 Å². The Bertz CT molecular complexity index is 851. The van der Waals surface area contributed by atoms with Gasteiger partial charge < -0.3 is 24.4 Å². The van der Waals surface area contributed by atoms with Gasteiger partial charge in [-0.1, -0.05) is 12.1 Å². The highest BCUT2D eigenvalue weighted by molar-refractivity contribution is 5.79. The minimum absolute atomic E-state index is 0.0748. The Morgan fingerprint density at radius 2 is 1.78 bits per heavy atom. The Morgan fingerprint density at radius 3 is 2.34 bits per heavy atom. The minimum Gasteiger partial charge on any atom is -0.481 e. The van der Waals surface area contributed by atoms with Crippen LogP contribution in [0.2, 0.25) is 0 Å². The number of hydrogen-bond donors (Lipinski definition) is 1. The van der Waals surface area contributed by atoms with Crippen molar-refractivity contribution in [1.29, 1.82) is 0 Å². The van der Waals surface area contributed by atoms with Crippen LogP contribution < -0.4 is 14.8 Å². The molecule has 1 N–H and O–H groups in total. The number of benzene rings is 1. The van der Waals surface area contributed by atoms with Gasteiger partial charge in [-0.15, -0.1) is 0 Å². The molecular formula is C23H31FN4O4. The average Bonchev–Trinajstić information content (AvgIpc) is 2.83. The molecular weight excluding hydrogens is 415 g/mol. The second kappa shape index (κ2) is 11.7.